The molecule has 0 aliphatic carbocycles. The van der Waals surface area contributed by atoms with Gasteiger partial charge in [0.1, 0.15) is 5.01 Å². The van der Waals surface area contributed by atoms with E-state index in [0.29, 0.717) is 5.75 Å². The second-order valence-corrected chi connectivity index (χ2v) is 8.19. The SMILES string of the molecule is Cc1nnc(SC2CCS(=O)(=O)C2)s1. The molecule has 0 radical (unpaired) electrons. The van der Waals surface area contributed by atoms with Crippen LogP contribution in [0.15, 0.2) is 4.34 Å². The van der Waals surface area contributed by atoms with E-state index in [2.05, 4.69) is 10.2 Å². The number of thioether (sulfide) groups is 1. The fourth-order valence-corrected chi connectivity index (χ4v) is 5.90. The van der Waals surface area contributed by atoms with E-state index in [1.807, 2.05) is 6.92 Å². The van der Waals surface area contributed by atoms with E-state index in [1.165, 1.54) is 11.3 Å². The first-order valence-corrected chi connectivity index (χ1v) is 7.74. The van der Waals surface area contributed by atoms with Crippen LogP contribution in [-0.2, 0) is 9.84 Å². The third-order valence-electron chi connectivity index (χ3n) is 1.97. The van der Waals surface area contributed by atoms with Crippen LogP contribution in [0.3, 0.4) is 0 Å². The lowest BCUT2D eigenvalue weighted by Crippen LogP contribution is -2.05. The lowest BCUT2D eigenvalue weighted by Gasteiger charge is -2.01. The van der Waals surface area contributed by atoms with Crippen LogP contribution in [0.2, 0.25) is 0 Å². The van der Waals surface area contributed by atoms with Crippen LogP contribution in [0, 0.1) is 6.92 Å². The Morgan fingerprint density at radius 1 is 1.50 bits per heavy atom. The fourth-order valence-electron chi connectivity index (χ4n) is 1.32. The monoisotopic (exact) mass is 250 g/mol. The number of sulfone groups is 1. The zero-order chi connectivity index (χ0) is 10.2. The van der Waals surface area contributed by atoms with Crippen LogP contribution in [0.1, 0.15) is 11.4 Å². The molecule has 1 aliphatic heterocycles. The van der Waals surface area contributed by atoms with Gasteiger partial charge in [0, 0.05) is 5.25 Å². The lowest BCUT2D eigenvalue weighted by molar-refractivity contribution is 0.602. The molecule has 0 aromatic carbocycles. The number of aryl methyl sites for hydroxylation is 1. The summed E-state index contributed by atoms with van der Waals surface area (Å²) in [6, 6.07) is 0. The molecule has 2 rings (SSSR count). The molecule has 0 saturated carbocycles. The molecular weight excluding hydrogens is 240 g/mol. The average Bonchev–Trinajstić information content (AvgIpc) is 2.59. The minimum Gasteiger partial charge on any atom is -0.229 e. The van der Waals surface area contributed by atoms with Crippen molar-refractivity contribution in [1.29, 1.82) is 0 Å². The van der Waals surface area contributed by atoms with Crippen molar-refractivity contribution in [3.8, 4) is 0 Å². The second-order valence-electron chi connectivity index (χ2n) is 3.23. The molecule has 1 saturated heterocycles. The van der Waals surface area contributed by atoms with Crippen LogP contribution in [-0.4, -0.2) is 35.4 Å². The second kappa shape index (κ2) is 3.79. The van der Waals surface area contributed by atoms with Crippen molar-refractivity contribution < 1.29 is 8.42 Å². The topological polar surface area (TPSA) is 59.9 Å². The van der Waals surface area contributed by atoms with E-state index < -0.39 is 9.84 Å². The summed E-state index contributed by atoms with van der Waals surface area (Å²) < 4.78 is 23.3. The molecule has 1 unspecified atom stereocenters. The molecule has 1 aromatic heterocycles. The summed E-state index contributed by atoms with van der Waals surface area (Å²) in [5.74, 6) is 0.610. The van der Waals surface area contributed by atoms with Gasteiger partial charge in [0.25, 0.3) is 0 Å². The normalized spacial score (nSPS) is 25.4. The molecule has 0 N–H and O–H groups in total. The first-order chi connectivity index (χ1) is 6.55. The maximum atomic E-state index is 11.2. The Morgan fingerprint density at radius 2 is 2.29 bits per heavy atom. The van der Waals surface area contributed by atoms with E-state index in [9.17, 15) is 8.42 Å². The number of hydrogen-bond donors (Lipinski definition) is 0. The van der Waals surface area contributed by atoms with Crippen LogP contribution in [0.25, 0.3) is 0 Å². The summed E-state index contributed by atoms with van der Waals surface area (Å²) in [7, 11) is -2.77. The average molecular weight is 250 g/mol. The quantitative estimate of drug-likeness (QED) is 0.787. The zero-order valence-electron chi connectivity index (χ0n) is 7.63. The Balaban J connectivity index is 2.00. The van der Waals surface area contributed by atoms with Gasteiger partial charge < -0.3 is 0 Å². The maximum absolute atomic E-state index is 11.2. The van der Waals surface area contributed by atoms with E-state index in [-0.39, 0.29) is 11.0 Å². The van der Waals surface area contributed by atoms with E-state index in [1.54, 1.807) is 11.8 Å². The summed E-state index contributed by atoms with van der Waals surface area (Å²) >= 11 is 3.06. The predicted octanol–water partition coefficient (Wildman–Crippen LogP) is 1.13. The molecule has 7 heteroatoms. The standard InChI is InChI=1S/C7H10N2O2S3/c1-5-8-9-7(12-5)13-6-2-3-14(10,11)4-6/h6H,2-4H2,1H3. The number of hydrogen-bond acceptors (Lipinski definition) is 6. The molecule has 0 bridgehead atoms. The summed E-state index contributed by atoms with van der Waals surface area (Å²) in [5, 5.41) is 8.95. The van der Waals surface area contributed by atoms with Gasteiger partial charge >= 0.3 is 0 Å². The van der Waals surface area contributed by atoms with Crippen molar-refractivity contribution in [1.82, 2.24) is 10.2 Å². The van der Waals surface area contributed by atoms with Gasteiger partial charge in [0.2, 0.25) is 0 Å². The van der Waals surface area contributed by atoms with Gasteiger partial charge in [-0.15, -0.1) is 10.2 Å². The smallest absolute Gasteiger partial charge is 0.174 e. The van der Waals surface area contributed by atoms with Gasteiger partial charge in [-0.05, 0) is 13.3 Å². The summed E-state index contributed by atoms with van der Waals surface area (Å²) in [6.45, 7) is 1.90. The van der Waals surface area contributed by atoms with E-state index in [0.717, 1.165) is 15.8 Å². The maximum Gasteiger partial charge on any atom is 0.174 e. The Hall–Kier alpha value is -0.140. The number of rotatable bonds is 2. The third-order valence-corrected chi connectivity index (χ3v) is 6.14. The fraction of sp³-hybridized carbons (Fsp3) is 0.714. The lowest BCUT2D eigenvalue weighted by atomic mass is 10.4. The van der Waals surface area contributed by atoms with Crippen molar-refractivity contribution in [2.45, 2.75) is 22.9 Å². The first kappa shape index (κ1) is 10.4. The third kappa shape index (κ3) is 2.46. The number of aromatic nitrogens is 2. The Bertz CT molecular complexity index is 426. The molecule has 0 spiro atoms. The molecule has 4 nitrogen and oxygen atoms in total. The minimum atomic E-state index is -2.77. The molecule has 1 fully saturated rings. The van der Waals surface area contributed by atoms with Gasteiger partial charge in [0.15, 0.2) is 14.2 Å². The predicted molar refractivity (Wildman–Crippen MR) is 57.6 cm³/mol. The minimum absolute atomic E-state index is 0.173. The molecule has 0 amide bonds. The highest BCUT2D eigenvalue weighted by Crippen LogP contribution is 2.32. The van der Waals surface area contributed by atoms with Crippen molar-refractivity contribution in [2.24, 2.45) is 0 Å². The van der Waals surface area contributed by atoms with Crippen LogP contribution in [0.5, 0.6) is 0 Å². The van der Waals surface area contributed by atoms with Crippen molar-refractivity contribution in [3.63, 3.8) is 0 Å². The summed E-state index contributed by atoms with van der Waals surface area (Å²) in [6.07, 6.45) is 0.742. The largest absolute Gasteiger partial charge is 0.229 e. The molecule has 2 heterocycles. The molecule has 1 aliphatic rings. The first-order valence-electron chi connectivity index (χ1n) is 4.22. The van der Waals surface area contributed by atoms with Crippen molar-refractivity contribution in [2.75, 3.05) is 11.5 Å². The molecule has 14 heavy (non-hydrogen) atoms. The molecule has 1 atom stereocenters. The Kier molecular flexibility index (Phi) is 2.81. The van der Waals surface area contributed by atoms with Crippen molar-refractivity contribution >= 4 is 32.9 Å². The highest BCUT2D eigenvalue weighted by molar-refractivity contribution is 8.03. The van der Waals surface area contributed by atoms with Gasteiger partial charge in [-0.1, -0.05) is 23.1 Å². The summed E-state index contributed by atoms with van der Waals surface area (Å²) in [4.78, 5) is 0. The highest BCUT2D eigenvalue weighted by Gasteiger charge is 2.29. The highest BCUT2D eigenvalue weighted by atomic mass is 32.2. The molecular formula is C7H10N2O2S3. The Labute approximate surface area is 91.0 Å². The molecule has 78 valence electrons. The van der Waals surface area contributed by atoms with Crippen LogP contribution < -0.4 is 0 Å². The van der Waals surface area contributed by atoms with Gasteiger partial charge in [-0.3, -0.25) is 0 Å². The zero-order valence-corrected chi connectivity index (χ0v) is 10.1. The van der Waals surface area contributed by atoms with E-state index >= 15 is 0 Å². The number of nitrogens with zero attached hydrogens (tertiary/aromatic N) is 2. The van der Waals surface area contributed by atoms with E-state index in [4.69, 9.17) is 0 Å². The Morgan fingerprint density at radius 3 is 2.79 bits per heavy atom. The van der Waals surface area contributed by atoms with Crippen LogP contribution in [0.4, 0.5) is 0 Å². The van der Waals surface area contributed by atoms with Gasteiger partial charge in [-0.25, -0.2) is 8.42 Å². The molecule has 1 aromatic rings. The van der Waals surface area contributed by atoms with Gasteiger partial charge in [0.05, 0.1) is 11.5 Å². The van der Waals surface area contributed by atoms with Gasteiger partial charge in [-0.2, -0.15) is 0 Å². The van der Waals surface area contributed by atoms with Crippen molar-refractivity contribution in [3.05, 3.63) is 5.01 Å². The summed E-state index contributed by atoms with van der Waals surface area (Å²) in [5.41, 5.74) is 0. The van der Waals surface area contributed by atoms with Crippen LogP contribution >= 0.6 is 23.1 Å².